The Morgan fingerprint density at radius 3 is 2.61 bits per heavy atom. The molecule has 28 heavy (non-hydrogen) atoms. The van der Waals surface area contributed by atoms with Crippen LogP contribution in [0.25, 0.3) is 5.65 Å². The summed E-state index contributed by atoms with van der Waals surface area (Å²) in [5.74, 6) is -0.923. The smallest absolute Gasteiger partial charge is 0.270 e. The van der Waals surface area contributed by atoms with Gasteiger partial charge in [-0.15, -0.1) is 0 Å². The maximum absolute atomic E-state index is 12.9. The average Bonchev–Trinajstić information content (AvgIpc) is 3.26. The predicted octanol–water partition coefficient (Wildman–Crippen LogP) is 1.26. The van der Waals surface area contributed by atoms with E-state index in [9.17, 15) is 9.59 Å². The van der Waals surface area contributed by atoms with E-state index >= 15 is 0 Å². The van der Waals surface area contributed by atoms with Crippen molar-refractivity contribution in [1.29, 1.82) is 0 Å². The van der Waals surface area contributed by atoms with Gasteiger partial charge in [0.05, 0.1) is 6.61 Å². The van der Waals surface area contributed by atoms with Crippen LogP contribution in [0.1, 0.15) is 44.6 Å². The number of nitrogens with one attached hydrogen (secondary N) is 1. The SMILES string of the molecule is CCOCc1nn2c(C(=O)NC3Cc4ccccc4C3)ccnc2c1C(N)=O. The molecule has 0 spiro atoms. The highest BCUT2D eigenvalue weighted by molar-refractivity contribution is 6.01. The molecule has 8 heteroatoms. The first-order chi connectivity index (χ1) is 13.6. The van der Waals surface area contributed by atoms with E-state index in [1.165, 1.54) is 21.8 Å². The maximum atomic E-state index is 12.9. The fraction of sp³-hybridized carbons (Fsp3) is 0.300. The monoisotopic (exact) mass is 379 g/mol. The van der Waals surface area contributed by atoms with Gasteiger partial charge in [-0.2, -0.15) is 5.10 Å². The third-order valence-corrected chi connectivity index (χ3v) is 4.90. The standard InChI is InChI=1S/C20H21N5O3/c1-2-28-11-15-17(18(21)26)19-22-8-7-16(25(19)24-15)20(27)23-14-9-12-5-3-4-6-13(12)10-14/h3-8,14H,2,9-11H2,1H3,(H2,21,26)(H,23,27). The number of aromatic nitrogens is 3. The molecule has 1 aromatic carbocycles. The lowest BCUT2D eigenvalue weighted by Gasteiger charge is -2.12. The molecule has 3 aromatic rings. The molecular formula is C20H21N5O3. The van der Waals surface area contributed by atoms with Crippen LogP contribution in [0.5, 0.6) is 0 Å². The maximum Gasteiger partial charge on any atom is 0.270 e. The zero-order valence-corrected chi connectivity index (χ0v) is 15.5. The molecule has 2 heterocycles. The van der Waals surface area contributed by atoms with Crippen LogP contribution >= 0.6 is 0 Å². The first kappa shape index (κ1) is 18.1. The van der Waals surface area contributed by atoms with Gasteiger partial charge >= 0.3 is 0 Å². The fourth-order valence-corrected chi connectivity index (χ4v) is 3.63. The number of carbonyl (C=O) groups is 2. The van der Waals surface area contributed by atoms with E-state index in [0.29, 0.717) is 18.0 Å². The first-order valence-corrected chi connectivity index (χ1v) is 9.20. The highest BCUT2D eigenvalue weighted by atomic mass is 16.5. The Balaban J connectivity index is 1.63. The highest BCUT2D eigenvalue weighted by Crippen LogP contribution is 2.22. The molecule has 8 nitrogen and oxygen atoms in total. The van der Waals surface area contributed by atoms with E-state index in [0.717, 1.165) is 12.8 Å². The van der Waals surface area contributed by atoms with Gasteiger partial charge in [0.2, 0.25) is 0 Å². The molecular weight excluding hydrogens is 358 g/mol. The van der Waals surface area contributed by atoms with Crippen LogP contribution in [0.3, 0.4) is 0 Å². The van der Waals surface area contributed by atoms with Crippen molar-refractivity contribution in [3.63, 3.8) is 0 Å². The molecule has 0 radical (unpaired) electrons. The number of nitrogens with two attached hydrogens (primary N) is 1. The molecule has 0 fully saturated rings. The molecule has 0 aliphatic heterocycles. The van der Waals surface area contributed by atoms with Gasteiger partial charge in [0.15, 0.2) is 5.65 Å². The van der Waals surface area contributed by atoms with E-state index in [2.05, 4.69) is 27.5 Å². The summed E-state index contributed by atoms with van der Waals surface area (Å²) in [7, 11) is 0. The molecule has 0 saturated heterocycles. The van der Waals surface area contributed by atoms with Gasteiger partial charge < -0.3 is 15.8 Å². The third kappa shape index (κ3) is 3.22. The minimum Gasteiger partial charge on any atom is -0.375 e. The van der Waals surface area contributed by atoms with E-state index in [-0.39, 0.29) is 29.8 Å². The Morgan fingerprint density at radius 2 is 1.96 bits per heavy atom. The minimum atomic E-state index is -0.652. The first-order valence-electron chi connectivity index (χ1n) is 9.20. The van der Waals surface area contributed by atoms with Crippen molar-refractivity contribution in [1.82, 2.24) is 19.9 Å². The number of ether oxygens (including phenoxy) is 1. The number of rotatable bonds is 6. The number of amides is 2. The normalized spacial score (nSPS) is 13.6. The number of benzene rings is 1. The van der Waals surface area contributed by atoms with E-state index in [4.69, 9.17) is 10.5 Å². The summed E-state index contributed by atoms with van der Waals surface area (Å²) in [6.45, 7) is 2.43. The lowest BCUT2D eigenvalue weighted by Crippen LogP contribution is -2.36. The molecule has 3 N–H and O–H groups in total. The van der Waals surface area contributed by atoms with E-state index < -0.39 is 5.91 Å². The van der Waals surface area contributed by atoms with Gasteiger partial charge in [0.1, 0.15) is 17.0 Å². The lowest BCUT2D eigenvalue weighted by atomic mass is 10.1. The summed E-state index contributed by atoms with van der Waals surface area (Å²) < 4.78 is 6.74. The van der Waals surface area contributed by atoms with Crippen molar-refractivity contribution in [2.45, 2.75) is 32.4 Å². The fourth-order valence-electron chi connectivity index (χ4n) is 3.63. The van der Waals surface area contributed by atoms with Crippen molar-refractivity contribution >= 4 is 17.5 Å². The van der Waals surface area contributed by atoms with Crippen molar-refractivity contribution in [2.75, 3.05) is 6.61 Å². The van der Waals surface area contributed by atoms with Crippen LogP contribution in [0, 0.1) is 0 Å². The van der Waals surface area contributed by atoms with Crippen LogP contribution in [-0.2, 0) is 24.2 Å². The number of nitrogens with zero attached hydrogens (tertiary/aromatic N) is 3. The van der Waals surface area contributed by atoms with Gasteiger partial charge in [-0.05, 0) is 37.0 Å². The molecule has 4 rings (SSSR count). The van der Waals surface area contributed by atoms with Gasteiger partial charge in [-0.1, -0.05) is 24.3 Å². The zero-order chi connectivity index (χ0) is 19.7. The number of hydrogen-bond donors (Lipinski definition) is 2. The second kappa shape index (κ2) is 7.40. The van der Waals surface area contributed by atoms with Crippen LogP contribution in [0.2, 0.25) is 0 Å². The molecule has 0 atom stereocenters. The molecule has 2 aromatic heterocycles. The summed E-state index contributed by atoms with van der Waals surface area (Å²) in [6.07, 6.45) is 3.06. The van der Waals surface area contributed by atoms with Gasteiger partial charge in [-0.3, -0.25) is 9.59 Å². The molecule has 144 valence electrons. The molecule has 0 unspecified atom stereocenters. The van der Waals surface area contributed by atoms with Gasteiger partial charge in [-0.25, -0.2) is 9.50 Å². The number of primary amides is 1. The Labute approximate surface area is 161 Å². The lowest BCUT2D eigenvalue weighted by molar-refractivity contribution is 0.0929. The van der Waals surface area contributed by atoms with Crippen molar-refractivity contribution in [3.05, 3.63) is 64.6 Å². The van der Waals surface area contributed by atoms with Crippen LogP contribution in [-0.4, -0.2) is 39.1 Å². The minimum absolute atomic E-state index is 0.0159. The van der Waals surface area contributed by atoms with Crippen molar-refractivity contribution < 1.29 is 14.3 Å². The Kier molecular flexibility index (Phi) is 4.79. The van der Waals surface area contributed by atoms with Crippen molar-refractivity contribution in [2.24, 2.45) is 5.73 Å². The summed E-state index contributed by atoms with van der Waals surface area (Å²) >= 11 is 0. The molecule has 1 aliphatic carbocycles. The Hall–Kier alpha value is -3.26. The number of fused-ring (bicyclic) bond motifs is 2. The quantitative estimate of drug-likeness (QED) is 0.670. The van der Waals surface area contributed by atoms with E-state index in [1.807, 2.05) is 19.1 Å². The second-order valence-corrected chi connectivity index (χ2v) is 6.74. The molecule has 2 amide bonds. The summed E-state index contributed by atoms with van der Waals surface area (Å²) in [4.78, 5) is 29.0. The largest absolute Gasteiger partial charge is 0.375 e. The average molecular weight is 379 g/mol. The second-order valence-electron chi connectivity index (χ2n) is 6.74. The number of carbonyl (C=O) groups excluding carboxylic acids is 2. The van der Waals surface area contributed by atoms with E-state index in [1.54, 1.807) is 6.07 Å². The van der Waals surface area contributed by atoms with Gasteiger partial charge in [0.25, 0.3) is 11.8 Å². The Morgan fingerprint density at radius 1 is 1.25 bits per heavy atom. The van der Waals surface area contributed by atoms with Gasteiger partial charge in [0, 0.05) is 18.8 Å². The zero-order valence-electron chi connectivity index (χ0n) is 15.5. The summed E-state index contributed by atoms with van der Waals surface area (Å²) in [6, 6.07) is 9.77. The van der Waals surface area contributed by atoms with Crippen LogP contribution < -0.4 is 11.1 Å². The molecule has 0 saturated carbocycles. The Bertz CT molecular complexity index is 1030. The predicted molar refractivity (Wildman–Crippen MR) is 102 cm³/mol. The summed E-state index contributed by atoms with van der Waals surface area (Å²) in [5, 5.41) is 7.43. The van der Waals surface area contributed by atoms with Crippen LogP contribution in [0.15, 0.2) is 36.5 Å². The topological polar surface area (TPSA) is 112 Å². The number of hydrogen-bond acceptors (Lipinski definition) is 5. The summed E-state index contributed by atoms with van der Waals surface area (Å²) in [5.41, 5.74) is 9.12. The highest BCUT2D eigenvalue weighted by Gasteiger charge is 2.26. The molecule has 0 bridgehead atoms. The molecule has 1 aliphatic rings. The third-order valence-electron chi connectivity index (χ3n) is 4.90. The van der Waals surface area contributed by atoms with Crippen molar-refractivity contribution in [3.8, 4) is 0 Å². The van der Waals surface area contributed by atoms with Crippen LogP contribution in [0.4, 0.5) is 0 Å².